The molecule has 2 rings (SSSR count). The Hall–Kier alpha value is -1.86. The van der Waals surface area contributed by atoms with E-state index in [1.54, 1.807) is 4.90 Å². The second-order valence-electron chi connectivity index (χ2n) is 6.08. The zero-order valence-corrected chi connectivity index (χ0v) is 17.4. The maximum absolute atomic E-state index is 12.6. The Morgan fingerprint density at radius 2 is 2.04 bits per heavy atom. The molecule has 1 aliphatic rings. The molecule has 0 saturated carbocycles. The highest BCUT2D eigenvalue weighted by molar-refractivity contribution is 8.26. The molecule has 1 fully saturated rings. The minimum absolute atomic E-state index is 0.119. The van der Waals surface area contributed by atoms with E-state index in [0.29, 0.717) is 35.4 Å². The smallest absolute Gasteiger partial charge is 0.305 e. The van der Waals surface area contributed by atoms with Crippen molar-refractivity contribution in [2.24, 2.45) is 0 Å². The van der Waals surface area contributed by atoms with Gasteiger partial charge in [-0.1, -0.05) is 50.0 Å². The molecule has 1 aliphatic heterocycles. The van der Waals surface area contributed by atoms with Gasteiger partial charge >= 0.3 is 5.97 Å². The Bertz CT molecular complexity index is 718. The highest BCUT2D eigenvalue weighted by atomic mass is 32.2. The summed E-state index contributed by atoms with van der Waals surface area (Å²) in [5.74, 6) is 0.431. The van der Waals surface area contributed by atoms with Crippen LogP contribution in [0.1, 0.15) is 45.1 Å². The van der Waals surface area contributed by atoms with Gasteiger partial charge in [0.15, 0.2) is 0 Å². The van der Waals surface area contributed by atoms with Crippen molar-refractivity contribution < 1.29 is 19.1 Å². The first kappa shape index (κ1) is 21.4. The lowest BCUT2D eigenvalue weighted by Gasteiger charge is -2.13. The van der Waals surface area contributed by atoms with Crippen molar-refractivity contribution in [3.8, 4) is 5.75 Å². The Balaban J connectivity index is 1.94. The van der Waals surface area contributed by atoms with Gasteiger partial charge in [-0.05, 0) is 43.0 Å². The third kappa shape index (κ3) is 6.66. The van der Waals surface area contributed by atoms with E-state index in [9.17, 15) is 9.59 Å². The van der Waals surface area contributed by atoms with Crippen LogP contribution in [0.15, 0.2) is 29.2 Å². The minimum atomic E-state index is -0.235. The van der Waals surface area contributed by atoms with Gasteiger partial charge in [0.1, 0.15) is 10.1 Å². The molecule has 146 valence electrons. The third-order valence-corrected chi connectivity index (χ3v) is 5.11. The number of hydrogen-bond donors (Lipinski definition) is 0. The van der Waals surface area contributed by atoms with Gasteiger partial charge in [0.05, 0.1) is 18.1 Å². The largest absolute Gasteiger partial charge is 0.494 e. The molecule has 0 unspecified atom stereocenters. The first-order valence-corrected chi connectivity index (χ1v) is 10.4. The van der Waals surface area contributed by atoms with Crippen LogP contribution < -0.4 is 4.74 Å². The normalized spacial score (nSPS) is 15.5. The van der Waals surface area contributed by atoms with Crippen molar-refractivity contribution in [3.05, 3.63) is 34.7 Å². The monoisotopic (exact) mass is 407 g/mol. The first-order chi connectivity index (χ1) is 13.0. The number of thiocarbonyl (C=S) groups is 1. The third-order valence-electron chi connectivity index (χ3n) is 3.73. The molecule has 0 bridgehead atoms. The van der Waals surface area contributed by atoms with Gasteiger partial charge in [-0.25, -0.2) is 0 Å². The van der Waals surface area contributed by atoms with Crippen LogP contribution >= 0.6 is 24.0 Å². The van der Waals surface area contributed by atoms with Crippen molar-refractivity contribution in [2.75, 3.05) is 19.8 Å². The quantitative estimate of drug-likeness (QED) is 0.325. The lowest BCUT2D eigenvalue weighted by atomic mass is 10.2. The van der Waals surface area contributed by atoms with Crippen LogP contribution in [0.4, 0.5) is 0 Å². The molecule has 1 saturated heterocycles. The van der Waals surface area contributed by atoms with E-state index in [4.69, 9.17) is 21.7 Å². The zero-order valence-electron chi connectivity index (χ0n) is 15.7. The fraction of sp³-hybridized carbons (Fsp3) is 0.450. The van der Waals surface area contributed by atoms with E-state index < -0.39 is 0 Å². The molecule has 5 nitrogen and oxygen atoms in total. The minimum Gasteiger partial charge on any atom is -0.494 e. The van der Waals surface area contributed by atoms with Crippen LogP contribution in [0.5, 0.6) is 5.75 Å². The molecular weight excluding hydrogens is 382 g/mol. The van der Waals surface area contributed by atoms with Gasteiger partial charge in [-0.3, -0.25) is 14.5 Å². The average Bonchev–Trinajstić information content (AvgIpc) is 2.92. The van der Waals surface area contributed by atoms with Crippen molar-refractivity contribution in [1.29, 1.82) is 0 Å². The molecule has 1 aromatic carbocycles. The lowest BCUT2D eigenvalue weighted by molar-refractivity contribution is -0.144. The molecular formula is C20H25NO4S2. The maximum Gasteiger partial charge on any atom is 0.305 e. The second-order valence-corrected chi connectivity index (χ2v) is 7.75. The summed E-state index contributed by atoms with van der Waals surface area (Å²) in [4.78, 5) is 26.3. The summed E-state index contributed by atoms with van der Waals surface area (Å²) in [7, 11) is 0. The van der Waals surface area contributed by atoms with E-state index in [1.807, 2.05) is 37.3 Å². The molecule has 27 heavy (non-hydrogen) atoms. The number of carbonyl (C=O) groups excluding carboxylic acids is 2. The van der Waals surface area contributed by atoms with Crippen LogP contribution in [-0.4, -0.2) is 40.9 Å². The first-order valence-electron chi connectivity index (χ1n) is 9.19. The molecule has 0 aliphatic carbocycles. The Morgan fingerprint density at radius 3 is 2.78 bits per heavy atom. The lowest BCUT2D eigenvalue weighted by Crippen LogP contribution is -2.29. The number of hydrogen-bond acceptors (Lipinski definition) is 6. The molecule has 0 radical (unpaired) electrons. The summed E-state index contributed by atoms with van der Waals surface area (Å²) in [6, 6.07) is 7.64. The summed E-state index contributed by atoms with van der Waals surface area (Å²) in [6.07, 6.45) is 4.38. The van der Waals surface area contributed by atoms with Crippen LogP contribution in [0.3, 0.4) is 0 Å². The number of carbonyl (C=O) groups is 2. The Labute approximate surface area is 170 Å². The number of rotatable bonds is 10. The van der Waals surface area contributed by atoms with Gasteiger partial charge in [0, 0.05) is 13.0 Å². The van der Waals surface area contributed by atoms with E-state index >= 15 is 0 Å². The summed E-state index contributed by atoms with van der Waals surface area (Å²) < 4.78 is 11.2. The predicted octanol–water partition coefficient (Wildman–Crippen LogP) is 4.41. The molecule has 7 heteroatoms. The van der Waals surface area contributed by atoms with Gasteiger partial charge in [-0.2, -0.15) is 0 Å². The second kappa shape index (κ2) is 11.1. The molecule has 1 heterocycles. The number of ether oxygens (including phenoxy) is 2. The van der Waals surface area contributed by atoms with E-state index in [2.05, 4.69) is 6.92 Å². The number of thioether (sulfide) groups is 1. The van der Waals surface area contributed by atoms with Crippen molar-refractivity contribution in [2.45, 2.75) is 39.5 Å². The number of nitrogens with zero attached hydrogens (tertiary/aromatic N) is 1. The number of amides is 1. The van der Waals surface area contributed by atoms with Gasteiger partial charge in [-0.15, -0.1) is 0 Å². The zero-order chi connectivity index (χ0) is 19.6. The fourth-order valence-electron chi connectivity index (χ4n) is 2.43. The maximum atomic E-state index is 12.6. The fourth-order valence-corrected chi connectivity index (χ4v) is 3.74. The highest BCUT2D eigenvalue weighted by Crippen LogP contribution is 2.33. The van der Waals surface area contributed by atoms with Crippen molar-refractivity contribution in [3.63, 3.8) is 0 Å². The summed E-state index contributed by atoms with van der Waals surface area (Å²) in [6.45, 7) is 5.52. The van der Waals surface area contributed by atoms with E-state index in [-0.39, 0.29) is 18.3 Å². The summed E-state index contributed by atoms with van der Waals surface area (Å²) >= 11 is 6.61. The van der Waals surface area contributed by atoms with Crippen molar-refractivity contribution in [1.82, 2.24) is 4.90 Å². The van der Waals surface area contributed by atoms with E-state index in [0.717, 1.165) is 24.2 Å². The molecule has 1 amide bonds. The predicted molar refractivity (Wildman–Crippen MR) is 113 cm³/mol. The molecule has 0 atom stereocenters. The van der Waals surface area contributed by atoms with Gasteiger partial charge in [0.2, 0.25) is 0 Å². The summed E-state index contributed by atoms with van der Waals surface area (Å²) in [5.41, 5.74) is 0.896. The Kier molecular flexibility index (Phi) is 8.81. The number of esters is 1. The number of benzene rings is 1. The average molecular weight is 408 g/mol. The highest BCUT2D eigenvalue weighted by Gasteiger charge is 2.31. The Morgan fingerprint density at radius 1 is 1.26 bits per heavy atom. The topological polar surface area (TPSA) is 55.8 Å². The molecule has 0 spiro atoms. The summed E-state index contributed by atoms with van der Waals surface area (Å²) in [5, 5.41) is 0. The molecule has 0 N–H and O–H groups in total. The van der Waals surface area contributed by atoms with Gasteiger partial charge in [0.25, 0.3) is 5.91 Å². The van der Waals surface area contributed by atoms with Crippen molar-refractivity contribution >= 4 is 46.3 Å². The van der Waals surface area contributed by atoms with Gasteiger partial charge < -0.3 is 9.47 Å². The van der Waals surface area contributed by atoms with Crippen LogP contribution in [0.2, 0.25) is 0 Å². The SMILES string of the molecule is CCCOC(=O)CCCN1C(=O)/C(=C\c2cccc(OCCC)c2)SC1=S. The van der Waals surface area contributed by atoms with E-state index in [1.165, 1.54) is 11.8 Å². The van der Waals surface area contributed by atoms with Crippen LogP contribution in [0.25, 0.3) is 6.08 Å². The molecule has 1 aromatic rings. The van der Waals surface area contributed by atoms with Crippen LogP contribution in [0, 0.1) is 0 Å². The molecule has 0 aromatic heterocycles. The standard InChI is InChI=1S/C20H25NO4S2/c1-3-11-24-16-8-5-7-15(13-16)14-17-19(23)21(20(26)27-17)10-6-9-18(22)25-12-4-2/h5,7-8,13-14H,3-4,6,9-12H2,1-2H3/b17-14+. The van der Waals surface area contributed by atoms with Crippen LogP contribution in [-0.2, 0) is 14.3 Å².